The van der Waals surface area contributed by atoms with Crippen LogP contribution in [0.4, 0.5) is 5.69 Å². The Labute approximate surface area is 175 Å². The number of nitrogens with one attached hydrogen (secondary N) is 2. The zero-order valence-corrected chi connectivity index (χ0v) is 16.9. The topological polar surface area (TPSA) is 59.6 Å². The second-order valence-corrected chi connectivity index (χ2v) is 6.57. The number of anilines is 1. The summed E-state index contributed by atoms with van der Waals surface area (Å²) in [5.41, 5.74) is 2.34. The lowest BCUT2D eigenvalue weighted by Crippen LogP contribution is -2.34. The van der Waals surface area contributed by atoms with Crippen LogP contribution in [0.5, 0.6) is 11.5 Å². The third-order valence-electron chi connectivity index (χ3n) is 4.02. The van der Waals surface area contributed by atoms with E-state index in [0.717, 1.165) is 17.0 Å². The minimum atomic E-state index is -0.289. The molecular weight excluding hydrogens is 384 g/mol. The van der Waals surface area contributed by atoms with Gasteiger partial charge >= 0.3 is 0 Å². The molecule has 0 saturated carbocycles. The monoisotopic (exact) mass is 406 g/mol. The molecule has 0 radical (unpaired) electrons. The van der Waals surface area contributed by atoms with Gasteiger partial charge in [0.2, 0.25) is 0 Å². The van der Waals surface area contributed by atoms with Gasteiger partial charge in [-0.25, -0.2) is 0 Å². The van der Waals surface area contributed by atoms with Crippen molar-refractivity contribution in [3.8, 4) is 11.5 Å². The number of hydrogen-bond acceptors (Lipinski definition) is 4. The molecule has 3 rings (SSSR count). The smallest absolute Gasteiger partial charge is 0.257 e. The van der Waals surface area contributed by atoms with Crippen LogP contribution in [0.2, 0.25) is 0 Å². The quantitative estimate of drug-likeness (QED) is 0.553. The molecule has 0 spiro atoms. The van der Waals surface area contributed by atoms with Gasteiger partial charge in [-0.05, 0) is 73.2 Å². The van der Waals surface area contributed by atoms with Gasteiger partial charge in [-0.15, -0.1) is 0 Å². The Kier molecular flexibility index (Phi) is 7.19. The van der Waals surface area contributed by atoms with Gasteiger partial charge in [0.1, 0.15) is 18.1 Å². The van der Waals surface area contributed by atoms with Gasteiger partial charge in [0.25, 0.3) is 5.91 Å². The molecule has 0 atom stereocenters. The standard InChI is InChI=1S/C23H22N2O3S/c1-2-27-20-14-10-19(11-15-20)24-23(29)25-22(26)18-8-12-21(13-9-18)28-16-17-6-4-3-5-7-17/h3-15H,2,16H2,1H3,(H2,24,25,26,29). The van der Waals surface area contributed by atoms with Gasteiger partial charge in [-0.3, -0.25) is 10.1 Å². The number of hydrogen-bond donors (Lipinski definition) is 2. The molecule has 6 heteroatoms. The predicted octanol–water partition coefficient (Wildman–Crippen LogP) is 4.79. The van der Waals surface area contributed by atoms with Crippen LogP contribution in [0.3, 0.4) is 0 Å². The molecule has 0 aromatic heterocycles. The summed E-state index contributed by atoms with van der Waals surface area (Å²) in [4.78, 5) is 12.4. The van der Waals surface area contributed by atoms with Crippen LogP contribution in [0, 0.1) is 0 Å². The summed E-state index contributed by atoms with van der Waals surface area (Å²) in [6.45, 7) is 3.01. The highest BCUT2D eigenvalue weighted by Gasteiger charge is 2.08. The molecule has 3 aromatic carbocycles. The summed E-state index contributed by atoms with van der Waals surface area (Å²) in [5, 5.41) is 5.88. The fraction of sp³-hybridized carbons (Fsp3) is 0.130. The highest BCUT2D eigenvalue weighted by molar-refractivity contribution is 7.80. The van der Waals surface area contributed by atoms with Crippen molar-refractivity contribution in [2.24, 2.45) is 0 Å². The average molecular weight is 407 g/mol. The summed E-state index contributed by atoms with van der Waals surface area (Å²) >= 11 is 5.22. The summed E-state index contributed by atoms with van der Waals surface area (Å²) in [7, 11) is 0. The van der Waals surface area contributed by atoms with E-state index < -0.39 is 0 Å². The molecule has 0 heterocycles. The molecule has 29 heavy (non-hydrogen) atoms. The molecule has 0 saturated heterocycles. The third kappa shape index (κ3) is 6.33. The number of thiocarbonyl (C=S) groups is 1. The maximum absolute atomic E-state index is 12.4. The van der Waals surface area contributed by atoms with Crippen LogP contribution in [0.15, 0.2) is 78.9 Å². The molecule has 0 aliphatic heterocycles. The Balaban J connectivity index is 1.50. The molecule has 0 bridgehead atoms. The highest BCUT2D eigenvalue weighted by atomic mass is 32.1. The Hall–Kier alpha value is -3.38. The highest BCUT2D eigenvalue weighted by Crippen LogP contribution is 2.16. The first-order valence-corrected chi connectivity index (χ1v) is 9.67. The van der Waals surface area contributed by atoms with Crippen molar-refractivity contribution in [3.63, 3.8) is 0 Å². The van der Waals surface area contributed by atoms with Gasteiger partial charge in [-0.1, -0.05) is 30.3 Å². The van der Waals surface area contributed by atoms with Crippen molar-refractivity contribution >= 4 is 28.9 Å². The van der Waals surface area contributed by atoms with Crippen LogP contribution in [-0.4, -0.2) is 17.6 Å². The van der Waals surface area contributed by atoms with Crippen LogP contribution >= 0.6 is 12.2 Å². The van der Waals surface area contributed by atoms with Crippen molar-refractivity contribution < 1.29 is 14.3 Å². The second kappa shape index (κ2) is 10.2. The molecule has 0 aliphatic rings. The number of ether oxygens (including phenoxy) is 2. The zero-order chi connectivity index (χ0) is 20.5. The van der Waals surface area contributed by atoms with E-state index in [9.17, 15) is 4.79 Å². The fourth-order valence-corrected chi connectivity index (χ4v) is 2.79. The third-order valence-corrected chi connectivity index (χ3v) is 4.22. The second-order valence-electron chi connectivity index (χ2n) is 6.16. The minimum absolute atomic E-state index is 0.226. The number of benzene rings is 3. The lowest BCUT2D eigenvalue weighted by atomic mass is 10.2. The zero-order valence-electron chi connectivity index (χ0n) is 16.1. The van der Waals surface area contributed by atoms with Gasteiger partial charge in [0, 0.05) is 11.3 Å². The van der Waals surface area contributed by atoms with E-state index in [-0.39, 0.29) is 11.0 Å². The molecule has 148 valence electrons. The number of amides is 1. The van der Waals surface area contributed by atoms with Crippen molar-refractivity contribution in [3.05, 3.63) is 90.0 Å². The molecule has 0 unspecified atom stereocenters. The van der Waals surface area contributed by atoms with Crippen LogP contribution in [0.1, 0.15) is 22.8 Å². The molecule has 3 aromatic rings. The minimum Gasteiger partial charge on any atom is -0.494 e. The summed E-state index contributed by atoms with van der Waals surface area (Å²) in [6.07, 6.45) is 0. The van der Waals surface area contributed by atoms with E-state index >= 15 is 0 Å². The molecular formula is C23H22N2O3S. The SMILES string of the molecule is CCOc1ccc(NC(=S)NC(=O)c2ccc(OCc3ccccc3)cc2)cc1. The number of carbonyl (C=O) groups is 1. The summed E-state index contributed by atoms with van der Waals surface area (Å²) in [6, 6.07) is 24.2. The Bertz CT molecular complexity index is 942. The normalized spacial score (nSPS) is 10.1. The first-order valence-electron chi connectivity index (χ1n) is 9.26. The van der Waals surface area contributed by atoms with Crippen LogP contribution < -0.4 is 20.1 Å². The van der Waals surface area contributed by atoms with Gasteiger partial charge in [-0.2, -0.15) is 0 Å². The maximum Gasteiger partial charge on any atom is 0.257 e. The van der Waals surface area contributed by atoms with Crippen LogP contribution in [0.25, 0.3) is 0 Å². The number of rotatable bonds is 7. The molecule has 2 N–H and O–H groups in total. The van der Waals surface area contributed by atoms with Crippen LogP contribution in [-0.2, 0) is 6.61 Å². The number of carbonyl (C=O) groups excluding carboxylic acids is 1. The lowest BCUT2D eigenvalue weighted by Gasteiger charge is -2.11. The predicted molar refractivity (Wildman–Crippen MR) is 119 cm³/mol. The average Bonchev–Trinajstić information content (AvgIpc) is 2.75. The summed E-state index contributed by atoms with van der Waals surface area (Å²) in [5.74, 6) is 1.19. The van der Waals surface area contributed by atoms with E-state index in [2.05, 4.69) is 10.6 Å². The first kappa shape index (κ1) is 20.4. The lowest BCUT2D eigenvalue weighted by molar-refractivity contribution is 0.0977. The van der Waals surface area contributed by atoms with Gasteiger partial charge in [0.05, 0.1) is 6.61 Å². The molecule has 5 nitrogen and oxygen atoms in total. The van der Waals surface area contributed by atoms with E-state index in [1.807, 2.05) is 61.5 Å². The Morgan fingerprint density at radius 2 is 1.48 bits per heavy atom. The van der Waals surface area contributed by atoms with Crippen molar-refractivity contribution in [1.82, 2.24) is 5.32 Å². The summed E-state index contributed by atoms with van der Waals surface area (Å²) < 4.78 is 11.1. The molecule has 0 fully saturated rings. The van der Waals surface area contributed by atoms with Crippen molar-refractivity contribution in [1.29, 1.82) is 0 Å². The fourth-order valence-electron chi connectivity index (χ4n) is 2.58. The Morgan fingerprint density at radius 1 is 0.862 bits per heavy atom. The van der Waals surface area contributed by atoms with E-state index in [0.29, 0.717) is 24.5 Å². The Morgan fingerprint density at radius 3 is 2.14 bits per heavy atom. The van der Waals surface area contributed by atoms with E-state index in [1.54, 1.807) is 24.3 Å². The maximum atomic E-state index is 12.4. The van der Waals surface area contributed by atoms with Gasteiger partial charge < -0.3 is 14.8 Å². The van der Waals surface area contributed by atoms with E-state index in [1.165, 1.54) is 0 Å². The first-order chi connectivity index (χ1) is 14.1. The largest absolute Gasteiger partial charge is 0.494 e. The molecule has 0 aliphatic carbocycles. The van der Waals surface area contributed by atoms with Gasteiger partial charge in [0.15, 0.2) is 5.11 Å². The van der Waals surface area contributed by atoms with Crippen molar-refractivity contribution in [2.45, 2.75) is 13.5 Å². The van der Waals surface area contributed by atoms with E-state index in [4.69, 9.17) is 21.7 Å². The molecule has 1 amide bonds. The van der Waals surface area contributed by atoms with Crippen molar-refractivity contribution in [2.75, 3.05) is 11.9 Å².